The fourth-order valence-corrected chi connectivity index (χ4v) is 14.9. The molecular formula is C43H31N4OPSSi. The number of ether oxygens (including phenoxy) is 1. The summed E-state index contributed by atoms with van der Waals surface area (Å²) in [7, 11) is 2.82. The summed E-state index contributed by atoms with van der Waals surface area (Å²) in [5.74, 6) is 3.29. The number of rotatable bonds is 5. The molecule has 0 amide bonds. The minimum absolute atomic E-state index is 0.754. The maximum atomic E-state index is 6.71. The second-order valence-electron chi connectivity index (χ2n) is 12.9. The van der Waals surface area contributed by atoms with E-state index in [1.54, 1.807) is 0 Å². The second kappa shape index (κ2) is 11.7. The summed E-state index contributed by atoms with van der Waals surface area (Å²) >= 11 is 1.87. The molecule has 5 nitrogen and oxygen atoms in total. The van der Waals surface area contributed by atoms with Crippen LogP contribution in [-0.2, 0) is 7.05 Å². The SMILES string of the molecule is Cn1c(-c2cccc(Oc3ccc4c(c3)N(c3ccccn3)c3ccc5sc6ccccc6c5c3[Si]4(P)c3ccccc3)c2)nc2ccccc21. The lowest BCUT2D eigenvalue weighted by atomic mass is 10.1. The summed E-state index contributed by atoms with van der Waals surface area (Å²) in [4.78, 5) is 12.2. The van der Waals surface area contributed by atoms with Gasteiger partial charge in [-0.25, -0.2) is 9.97 Å². The monoisotopic (exact) mass is 710 g/mol. The van der Waals surface area contributed by atoms with Crippen molar-refractivity contribution < 1.29 is 4.74 Å². The molecule has 0 fully saturated rings. The van der Waals surface area contributed by atoms with Gasteiger partial charge in [-0.05, 0) is 76.2 Å². The summed E-state index contributed by atoms with van der Waals surface area (Å²) in [5.41, 5.74) is 5.31. The second-order valence-corrected chi connectivity index (χ2v) is 19.8. The zero-order valence-electron chi connectivity index (χ0n) is 27.7. The van der Waals surface area contributed by atoms with Gasteiger partial charge in [0.1, 0.15) is 23.1 Å². The normalized spacial score (nSPS) is 15.3. The van der Waals surface area contributed by atoms with Gasteiger partial charge in [-0.3, -0.25) is 4.90 Å². The Kier molecular flexibility index (Phi) is 6.97. The van der Waals surface area contributed by atoms with Crippen LogP contribution in [-0.4, -0.2) is 22.3 Å². The molecule has 0 aliphatic carbocycles. The van der Waals surface area contributed by atoms with Crippen LogP contribution in [0.1, 0.15) is 0 Å². The highest BCUT2D eigenvalue weighted by Gasteiger charge is 2.46. The highest BCUT2D eigenvalue weighted by atomic mass is 32.1. The van der Waals surface area contributed by atoms with Crippen molar-refractivity contribution in [2.24, 2.45) is 7.05 Å². The lowest BCUT2D eigenvalue weighted by Crippen LogP contribution is -2.66. The topological polar surface area (TPSA) is 43.2 Å². The Labute approximate surface area is 302 Å². The average Bonchev–Trinajstić information content (AvgIpc) is 3.73. The number of aromatic nitrogens is 3. The molecule has 2 atom stereocenters. The predicted octanol–water partition coefficient (Wildman–Crippen LogP) is 9.42. The molecule has 3 aromatic heterocycles. The van der Waals surface area contributed by atoms with Crippen LogP contribution < -0.4 is 25.2 Å². The molecule has 244 valence electrons. The van der Waals surface area contributed by atoms with Crippen LogP contribution in [0.2, 0.25) is 0 Å². The van der Waals surface area contributed by atoms with E-state index in [0.29, 0.717) is 0 Å². The fraction of sp³-hybridized carbons (Fsp3) is 0.0233. The number of anilines is 3. The fourth-order valence-electron chi connectivity index (χ4n) is 7.72. The van der Waals surface area contributed by atoms with Gasteiger partial charge in [0.25, 0.3) is 0 Å². The molecule has 1 aliphatic heterocycles. The molecule has 9 aromatic rings. The van der Waals surface area contributed by atoms with Gasteiger partial charge in [-0.1, -0.05) is 84.9 Å². The number of para-hydroxylation sites is 2. The summed E-state index contributed by atoms with van der Waals surface area (Å²) in [5, 5.41) is 6.65. The molecular weight excluding hydrogens is 680 g/mol. The van der Waals surface area contributed by atoms with Crippen LogP contribution in [0.25, 0.3) is 42.6 Å². The molecule has 1 aliphatic rings. The van der Waals surface area contributed by atoms with Gasteiger partial charge in [-0.2, -0.15) is 0 Å². The minimum atomic E-state index is -2.68. The Morgan fingerprint density at radius 1 is 0.686 bits per heavy atom. The number of thiophene rings is 1. The first-order chi connectivity index (χ1) is 25.1. The number of benzene rings is 6. The Hall–Kier alpha value is -5.59. The summed E-state index contributed by atoms with van der Waals surface area (Å²) < 4.78 is 11.4. The number of imidazole rings is 1. The molecule has 4 heterocycles. The van der Waals surface area contributed by atoms with Crippen molar-refractivity contribution in [1.82, 2.24) is 14.5 Å². The van der Waals surface area contributed by atoms with Gasteiger partial charge in [0, 0.05) is 50.7 Å². The number of nitrogens with zero attached hydrogens (tertiary/aromatic N) is 4. The number of aryl methyl sites for hydroxylation is 1. The molecule has 0 saturated heterocycles. The number of hydrogen-bond donors (Lipinski definition) is 0. The summed E-state index contributed by atoms with van der Waals surface area (Å²) in [6.07, 6.45) is 1.87. The molecule has 0 radical (unpaired) electrons. The summed E-state index contributed by atoms with van der Waals surface area (Å²) in [6, 6.07) is 53.6. The molecule has 0 bridgehead atoms. The summed E-state index contributed by atoms with van der Waals surface area (Å²) in [6.45, 7) is 0. The molecule has 0 N–H and O–H groups in total. The molecule has 51 heavy (non-hydrogen) atoms. The maximum absolute atomic E-state index is 6.71. The van der Waals surface area contributed by atoms with Crippen molar-refractivity contribution in [1.29, 1.82) is 0 Å². The van der Waals surface area contributed by atoms with E-state index in [0.717, 1.165) is 51.1 Å². The Balaban J connectivity index is 1.17. The van der Waals surface area contributed by atoms with E-state index in [2.05, 4.69) is 147 Å². The lowest BCUT2D eigenvalue weighted by Gasteiger charge is -2.42. The van der Waals surface area contributed by atoms with Crippen LogP contribution in [0.3, 0.4) is 0 Å². The van der Waals surface area contributed by atoms with Crippen molar-refractivity contribution in [2.75, 3.05) is 4.90 Å². The van der Waals surface area contributed by atoms with Crippen LogP contribution in [0, 0.1) is 0 Å². The zero-order valence-corrected chi connectivity index (χ0v) is 30.7. The molecule has 6 aromatic carbocycles. The lowest BCUT2D eigenvalue weighted by molar-refractivity contribution is 0.483. The van der Waals surface area contributed by atoms with Gasteiger partial charge >= 0.3 is 0 Å². The third-order valence-corrected chi connectivity index (χ3v) is 17.8. The Morgan fingerprint density at radius 2 is 1.49 bits per heavy atom. The van der Waals surface area contributed by atoms with E-state index >= 15 is 0 Å². The van der Waals surface area contributed by atoms with Crippen molar-refractivity contribution in [3.63, 3.8) is 0 Å². The van der Waals surface area contributed by atoms with Crippen LogP contribution in [0.4, 0.5) is 17.2 Å². The number of pyridine rings is 1. The van der Waals surface area contributed by atoms with Crippen LogP contribution in [0.15, 0.2) is 158 Å². The molecule has 0 saturated carbocycles. The smallest absolute Gasteiger partial charge is 0.174 e. The largest absolute Gasteiger partial charge is 0.457 e. The molecule has 0 spiro atoms. The molecule has 8 heteroatoms. The first kappa shape index (κ1) is 30.2. The van der Waals surface area contributed by atoms with Gasteiger partial charge < -0.3 is 9.30 Å². The van der Waals surface area contributed by atoms with E-state index in [9.17, 15) is 0 Å². The van der Waals surface area contributed by atoms with E-state index in [1.807, 2.05) is 47.9 Å². The van der Waals surface area contributed by atoms with Crippen LogP contribution in [0.5, 0.6) is 11.5 Å². The first-order valence-corrected chi connectivity index (χ1v) is 21.5. The standard InChI is InChI=1S/C43H31N4OPSSi/c1-46-34-18-7-6-17-33(34)45-43(46)28-12-11-13-29(26-28)48-30-21-24-39-36(27-30)47(40-20-9-10-25-44-40)35-22-23-38-41(32-16-5-8-19-37(32)50-38)42(35)51(39,49)31-14-3-2-4-15-31/h2-27H,49H2,1H3. The van der Waals surface area contributed by atoms with Crippen molar-refractivity contribution in [3.05, 3.63) is 158 Å². The van der Waals surface area contributed by atoms with Crippen LogP contribution >= 0.6 is 20.1 Å². The number of hydrogen-bond acceptors (Lipinski definition) is 5. The molecule has 2 unspecified atom stereocenters. The van der Waals surface area contributed by atoms with Crippen molar-refractivity contribution in [3.8, 4) is 22.9 Å². The van der Waals surface area contributed by atoms with E-state index in [1.165, 1.54) is 35.7 Å². The minimum Gasteiger partial charge on any atom is -0.457 e. The van der Waals surface area contributed by atoms with Gasteiger partial charge in [0.05, 0.1) is 16.7 Å². The Morgan fingerprint density at radius 3 is 2.35 bits per heavy atom. The quantitative estimate of drug-likeness (QED) is 0.132. The predicted molar refractivity (Wildman–Crippen MR) is 219 cm³/mol. The third kappa shape index (κ3) is 4.70. The third-order valence-electron chi connectivity index (χ3n) is 10.0. The van der Waals surface area contributed by atoms with E-state index in [-0.39, 0.29) is 0 Å². The van der Waals surface area contributed by atoms with E-state index < -0.39 is 7.74 Å². The van der Waals surface area contributed by atoms with Crippen molar-refractivity contribution in [2.45, 2.75) is 0 Å². The van der Waals surface area contributed by atoms with Gasteiger partial charge in [-0.15, -0.1) is 20.1 Å². The highest BCUT2D eigenvalue weighted by Crippen LogP contribution is 2.45. The number of fused-ring (bicyclic) bond motifs is 7. The molecule has 10 rings (SSSR count). The van der Waals surface area contributed by atoms with Gasteiger partial charge in [0.2, 0.25) is 0 Å². The van der Waals surface area contributed by atoms with Crippen molar-refractivity contribution >= 4 is 91.8 Å². The highest BCUT2D eigenvalue weighted by molar-refractivity contribution is 7.79. The Bertz CT molecular complexity index is 2780. The average molecular weight is 711 g/mol. The first-order valence-electron chi connectivity index (χ1n) is 16.9. The van der Waals surface area contributed by atoms with Gasteiger partial charge in [0.15, 0.2) is 7.74 Å². The zero-order chi connectivity index (χ0) is 34.1. The maximum Gasteiger partial charge on any atom is 0.174 e. The van der Waals surface area contributed by atoms with E-state index in [4.69, 9.17) is 14.7 Å².